The van der Waals surface area contributed by atoms with Crippen molar-refractivity contribution in [3.8, 4) is 11.3 Å². The zero-order valence-corrected chi connectivity index (χ0v) is 17.3. The largest absolute Gasteiger partial charge is 0.339 e. The van der Waals surface area contributed by atoms with Crippen LogP contribution in [0.15, 0.2) is 48.7 Å². The van der Waals surface area contributed by atoms with Gasteiger partial charge in [0, 0.05) is 30.9 Å². The molecule has 1 amide bonds. The Morgan fingerprint density at radius 1 is 1.11 bits per heavy atom. The van der Waals surface area contributed by atoms with E-state index in [0.717, 1.165) is 54.1 Å². The molecule has 0 atom stereocenters. The second kappa shape index (κ2) is 8.87. The first-order chi connectivity index (χ1) is 13.5. The number of aromatic nitrogens is 2. The highest BCUT2D eigenvalue weighted by molar-refractivity contribution is 5.93. The number of aryl methyl sites for hydroxylation is 2. The fraction of sp³-hybridized carbons (Fsp3) is 0.333. The number of fused-ring (bicyclic) bond motifs is 1. The molecule has 1 aromatic carbocycles. The van der Waals surface area contributed by atoms with E-state index in [-0.39, 0.29) is 5.91 Å². The number of amides is 1. The lowest BCUT2D eigenvalue weighted by Crippen LogP contribution is -2.30. The fourth-order valence-corrected chi connectivity index (χ4v) is 3.28. The maximum Gasteiger partial charge on any atom is 0.246 e. The molecule has 146 valence electrons. The summed E-state index contributed by atoms with van der Waals surface area (Å²) < 4.78 is 2.05. The van der Waals surface area contributed by atoms with Gasteiger partial charge in [-0.3, -0.25) is 9.20 Å². The molecule has 0 aliphatic rings. The van der Waals surface area contributed by atoms with Crippen molar-refractivity contribution < 1.29 is 4.79 Å². The molecule has 0 fully saturated rings. The lowest BCUT2D eigenvalue weighted by molar-refractivity contribution is -0.125. The molecular weight excluding hydrogens is 346 g/mol. The Kier molecular flexibility index (Phi) is 6.30. The maximum atomic E-state index is 12.7. The van der Waals surface area contributed by atoms with Gasteiger partial charge in [0.1, 0.15) is 5.65 Å². The van der Waals surface area contributed by atoms with E-state index >= 15 is 0 Å². The number of carbonyl (C=O) groups is 1. The van der Waals surface area contributed by atoms with Gasteiger partial charge >= 0.3 is 0 Å². The summed E-state index contributed by atoms with van der Waals surface area (Å²) in [6, 6.07) is 12.5. The second-order valence-electron chi connectivity index (χ2n) is 7.25. The molecular formula is C24H29N3O. The molecule has 0 aliphatic carbocycles. The number of hydrogen-bond donors (Lipinski definition) is 0. The fourth-order valence-electron chi connectivity index (χ4n) is 3.28. The van der Waals surface area contributed by atoms with Crippen molar-refractivity contribution in [2.75, 3.05) is 13.1 Å². The summed E-state index contributed by atoms with van der Waals surface area (Å²) in [7, 11) is 0. The van der Waals surface area contributed by atoms with Gasteiger partial charge in [0.15, 0.2) is 0 Å². The van der Waals surface area contributed by atoms with Gasteiger partial charge in [-0.1, -0.05) is 43.2 Å². The normalized spacial score (nSPS) is 11.4. The first-order valence-corrected chi connectivity index (χ1v) is 10.1. The molecule has 0 saturated carbocycles. The number of imidazole rings is 1. The van der Waals surface area contributed by atoms with Crippen molar-refractivity contribution >= 4 is 17.6 Å². The van der Waals surface area contributed by atoms with Crippen LogP contribution >= 0.6 is 0 Å². The summed E-state index contributed by atoms with van der Waals surface area (Å²) in [5, 5.41) is 0. The van der Waals surface area contributed by atoms with Crippen LogP contribution < -0.4 is 0 Å². The highest BCUT2D eigenvalue weighted by atomic mass is 16.2. The smallest absolute Gasteiger partial charge is 0.246 e. The van der Waals surface area contributed by atoms with E-state index in [1.165, 1.54) is 5.56 Å². The van der Waals surface area contributed by atoms with Crippen LogP contribution in [0.1, 0.15) is 43.5 Å². The number of pyridine rings is 1. The zero-order chi connectivity index (χ0) is 20.1. The molecule has 2 aromatic heterocycles. The second-order valence-corrected chi connectivity index (χ2v) is 7.25. The highest BCUT2D eigenvalue weighted by Gasteiger charge is 2.14. The summed E-state index contributed by atoms with van der Waals surface area (Å²) >= 11 is 0. The van der Waals surface area contributed by atoms with Crippen molar-refractivity contribution in [3.63, 3.8) is 0 Å². The van der Waals surface area contributed by atoms with Crippen LogP contribution in [0.4, 0.5) is 0 Å². The Bertz CT molecular complexity index is 983. The maximum absolute atomic E-state index is 12.7. The van der Waals surface area contributed by atoms with Crippen LogP contribution in [0.25, 0.3) is 23.0 Å². The molecule has 4 heteroatoms. The van der Waals surface area contributed by atoms with E-state index in [1.807, 2.05) is 28.5 Å². The number of hydrogen-bond acceptors (Lipinski definition) is 2. The monoisotopic (exact) mass is 375 g/mol. The van der Waals surface area contributed by atoms with E-state index in [4.69, 9.17) is 4.98 Å². The molecule has 0 unspecified atom stereocenters. The standard InChI is InChI=1S/C24H29N3O/c1-5-7-15-26(6-2)23(28)13-12-21-24(20-10-8-18(3)9-11-20)25-22-17-19(4)14-16-27(21)22/h8-14,16-17H,5-7,15H2,1-4H3/b13-12+. The van der Waals surface area contributed by atoms with E-state index in [0.29, 0.717) is 0 Å². The van der Waals surface area contributed by atoms with Crippen molar-refractivity contribution in [3.05, 3.63) is 65.5 Å². The third-order valence-electron chi connectivity index (χ3n) is 5.00. The van der Waals surface area contributed by atoms with Crippen LogP contribution in [0, 0.1) is 13.8 Å². The number of likely N-dealkylation sites (N-methyl/N-ethyl adjacent to an activating group) is 1. The number of rotatable bonds is 7. The molecule has 3 aromatic rings. The summed E-state index contributed by atoms with van der Waals surface area (Å²) in [5.41, 5.74) is 6.14. The molecule has 4 nitrogen and oxygen atoms in total. The van der Waals surface area contributed by atoms with Gasteiger partial charge in [-0.15, -0.1) is 0 Å². The van der Waals surface area contributed by atoms with Crippen molar-refractivity contribution in [1.29, 1.82) is 0 Å². The van der Waals surface area contributed by atoms with Crippen LogP contribution in [0.2, 0.25) is 0 Å². The van der Waals surface area contributed by atoms with Crippen molar-refractivity contribution in [2.45, 2.75) is 40.5 Å². The van der Waals surface area contributed by atoms with Gasteiger partial charge in [-0.25, -0.2) is 4.98 Å². The highest BCUT2D eigenvalue weighted by Crippen LogP contribution is 2.26. The molecule has 0 aliphatic heterocycles. The Labute approximate surface area is 167 Å². The minimum Gasteiger partial charge on any atom is -0.339 e. The van der Waals surface area contributed by atoms with Gasteiger partial charge in [0.05, 0.1) is 11.4 Å². The van der Waals surface area contributed by atoms with E-state index in [2.05, 4.69) is 57.2 Å². The first-order valence-electron chi connectivity index (χ1n) is 10.1. The van der Waals surface area contributed by atoms with Gasteiger partial charge in [0.25, 0.3) is 0 Å². The van der Waals surface area contributed by atoms with Gasteiger partial charge in [0.2, 0.25) is 5.91 Å². The van der Waals surface area contributed by atoms with Crippen LogP contribution in [-0.4, -0.2) is 33.3 Å². The number of carbonyl (C=O) groups excluding carboxylic acids is 1. The molecule has 0 radical (unpaired) electrons. The predicted octanol–water partition coefficient (Wildman–Crippen LogP) is 5.28. The lowest BCUT2D eigenvalue weighted by Gasteiger charge is -2.18. The first kappa shape index (κ1) is 19.9. The van der Waals surface area contributed by atoms with Gasteiger partial charge in [-0.05, 0) is 51.0 Å². The van der Waals surface area contributed by atoms with E-state index in [9.17, 15) is 4.79 Å². The molecule has 2 heterocycles. The van der Waals surface area contributed by atoms with E-state index < -0.39 is 0 Å². The summed E-state index contributed by atoms with van der Waals surface area (Å²) in [6.45, 7) is 9.82. The molecule has 0 spiro atoms. The summed E-state index contributed by atoms with van der Waals surface area (Å²) in [5.74, 6) is 0.0490. The number of benzene rings is 1. The topological polar surface area (TPSA) is 37.6 Å². The molecule has 0 bridgehead atoms. The molecule has 28 heavy (non-hydrogen) atoms. The van der Waals surface area contributed by atoms with Gasteiger partial charge in [-0.2, -0.15) is 0 Å². The minimum absolute atomic E-state index is 0.0490. The quantitative estimate of drug-likeness (QED) is 0.527. The number of nitrogens with zero attached hydrogens (tertiary/aromatic N) is 3. The van der Waals surface area contributed by atoms with Crippen molar-refractivity contribution in [1.82, 2.24) is 14.3 Å². The summed E-state index contributed by atoms with van der Waals surface area (Å²) in [6.07, 6.45) is 7.71. The molecule has 0 saturated heterocycles. The Balaban J connectivity index is 2.02. The minimum atomic E-state index is 0.0490. The summed E-state index contributed by atoms with van der Waals surface area (Å²) in [4.78, 5) is 19.4. The Hall–Kier alpha value is -2.88. The predicted molar refractivity (Wildman–Crippen MR) is 116 cm³/mol. The van der Waals surface area contributed by atoms with Crippen LogP contribution in [-0.2, 0) is 4.79 Å². The number of unbranched alkanes of at least 4 members (excludes halogenated alkanes) is 1. The SMILES string of the molecule is CCCCN(CC)C(=O)/C=C/c1c(-c2ccc(C)cc2)nc2cc(C)ccn12. The average Bonchev–Trinajstić information content (AvgIpc) is 3.05. The molecule has 0 N–H and O–H groups in total. The average molecular weight is 376 g/mol. The van der Waals surface area contributed by atoms with Crippen LogP contribution in [0.3, 0.4) is 0 Å². The third-order valence-corrected chi connectivity index (χ3v) is 5.00. The zero-order valence-electron chi connectivity index (χ0n) is 17.3. The van der Waals surface area contributed by atoms with Crippen LogP contribution in [0.5, 0.6) is 0 Å². The molecule has 3 rings (SSSR count). The third kappa shape index (κ3) is 4.33. The van der Waals surface area contributed by atoms with Crippen molar-refractivity contribution in [2.24, 2.45) is 0 Å². The van der Waals surface area contributed by atoms with E-state index in [1.54, 1.807) is 6.08 Å². The van der Waals surface area contributed by atoms with Gasteiger partial charge < -0.3 is 4.90 Å². The Morgan fingerprint density at radius 2 is 1.86 bits per heavy atom. The lowest BCUT2D eigenvalue weighted by atomic mass is 10.1. The Morgan fingerprint density at radius 3 is 2.54 bits per heavy atom.